The van der Waals surface area contributed by atoms with Crippen LogP contribution in [-0.2, 0) is 4.79 Å². The maximum Gasteiger partial charge on any atom is 0.226 e. The Morgan fingerprint density at radius 2 is 1.80 bits per heavy atom. The van der Waals surface area contributed by atoms with Gasteiger partial charge in [0, 0.05) is 11.5 Å². The molecule has 0 spiro atoms. The zero-order chi connectivity index (χ0) is 12.2. The van der Waals surface area contributed by atoms with Gasteiger partial charge in [0.25, 0.3) is 0 Å². The van der Waals surface area contributed by atoms with Crippen molar-refractivity contribution in [3.8, 4) is 0 Å². The lowest BCUT2D eigenvalue weighted by atomic mass is 9.74. The number of hydrogen-bond acceptors (Lipinski definition) is 1. The van der Waals surface area contributed by atoms with Gasteiger partial charge in [-0.15, -0.1) is 0 Å². The van der Waals surface area contributed by atoms with Crippen LogP contribution >= 0.6 is 0 Å². The maximum absolute atomic E-state index is 11.7. The van der Waals surface area contributed by atoms with Gasteiger partial charge in [0.15, 0.2) is 0 Å². The summed E-state index contributed by atoms with van der Waals surface area (Å²) in [5.41, 5.74) is -0.177. The summed E-state index contributed by atoms with van der Waals surface area (Å²) in [5, 5.41) is 3.11. The average molecular weight is 213 g/mol. The second kappa shape index (κ2) is 5.53. The first-order valence-electron chi connectivity index (χ1n) is 6.22. The molecule has 1 aliphatic rings. The fourth-order valence-corrected chi connectivity index (χ4v) is 2.45. The van der Waals surface area contributed by atoms with Gasteiger partial charge in [0.1, 0.15) is 0 Å². The molecule has 2 heteroatoms. The van der Waals surface area contributed by atoms with E-state index in [1.165, 1.54) is 0 Å². The molecule has 0 saturated carbocycles. The minimum Gasteiger partial charge on any atom is -0.352 e. The van der Waals surface area contributed by atoms with Crippen LogP contribution in [0.25, 0.3) is 0 Å². The van der Waals surface area contributed by atoms with E-state index >= 15 is 0 Å². The molecular formula is C13H27NO. The highest BCUT2D eigenvalue weighted by Gasteiger charge is 2.48. The van der Waals surface area contributed by atoms with Gasteiger partial charge in [-0.3, -0.25) is 4.79 Å². The third-order valence-electron chi connectivity index (χ3n) is 3.40. The minimum atomic E-state index is -0.177. The smallest absolute Gasteiger partial charge is 0.226 e. The topological polar surface area (TPSA) is 29.1 Å². The molecule has 90 valence electrons. The molecule has 15 heavy (non-hydrogen) atoms. The van der Waals surface area contributed by atoms with Crippen LogP contribution in [-0.4, -0.2) is 11.9 Å². The van der Waals surface area contributed by atoms with Gasteiger partial charge in [-0.05, 0) is 11.8 Å². The number of carbonyl (C=O) groups is 1. The van der Waals surface area contributed by atoms with Crippen LogP contribution in [0, 0.1) is 17.3 Å². The Labute approximate surface area is 94.8 Å². The maximum atomic E-state index is 11.7. The van der Waals surface area contributed by atoms with Crippen molar-refractivity contribution < 1.29 is 4.79 Å². The molecule has 2 atom stereocenters. The van der Waals surface area contributed by atoms with Crippen molar-refractivity contribution in [1.29, 1.82) is 0 Å². The molecule has 2 nitrogen and oxygen atoms in total. The molecule has 0 bridgehead atoms. The van der Waals surface area contributed by atoms with Crippen molar-refractivity contribution in [3.63, 3.8) is 0 Å². The molecular weight excluding hydrogens is 186 g/mol. The third-order valence-corrected chi connectivity index (χ3v) is 3.40. The molecule has 0 aromatic rings. The number of rotatable bonds is 2. The molecule has 1 saturated heterocycles. The van der Waals surface area contributed by atoms with Crippen LogP contribution in [0.15, 0.2) is 0 Å². The summed E-state index contributed by atoms with van der Waals surface area (Å²) < 4.78 is 0. The van der Waals surface area contributed by atoms with Crippen LogP contribution < -0.4 is 5.32 Å². The normalized spacial score (nSPS) is 28.4. The predicted octanol–water partition coefficient (Wildman–Crippen LogP) is 3.22. The Balaban J connectivity index is 0.000000921. The van der Waals surface area contributed by atoms with E-state index < -0.39 is 0 Å². The Bertz CT molecular complexity index is 209. The van der Waals surface area contributed by atoms with Gasteiger partial charge in [-0.2, -0.15) is 0 Å². The number of carbonyl (C=O) groups excluding carboxylic acids is 1. The number of hydrogen-bond donors (Lipinski definition) is 1. The van der Waals surface area contributed by atoms with Crippen molar-refractivity contribution in [1.82, 2.24) is 5.32 Å². The second-order valence-electron chi connectivity index (χ2n) is 4.98. The van der Waals surface area contributed by atoms with Crippen LogP contribution in [0.4, 0.5) is 0 Å². The van der Waals surface area contributed by atoms with Gasteiger partial charge in [0.2, 0.25) is 5.91 Å². The van der Waals surface area contributed by atoms with E-state index in [4.69, 9.17) is 0 Å². The molecule has 1 heterocycles. The van der Waals surface area contributed by atoms with Crippen molar-refractivity contribution in [2.75, 3.05) is 0 Å². The summed E-state index contributed by atoms with van der Waals surface area (Å²) in [6.45, 7) is 14.6. The molecule has 1 fully saturated rings. The molecule has 0 aromatic carbocycles. The van der Waals surface area contributed by atoms with Crippen LogP contribution in [0.5, 0.6) is 0 Å². The molecule has 0 aromatic heterocycles. The Morgan fingerprint density at radius 3 is 2.07 bits per heavy atom. The van der Waals surface area contributed by atoms with Gasteiger partial charge in [-0.25, -0.2) is 0 Å². The van der Waals surface area contributed by atoms with Crippen LogP contribution in [0.2, 0.25) is 0 Å². The van der Waals surface area contributed by atoms with Gasteiger partial charge in [0.05, 0.1) is 0 Å². The quantitative estimate of drug-likeness (QED) is 0.749. The van der Waals surface area contributed by atoms with E-state index in [9.17, 15) is 4.79 Å². The van der Waals surface area contributed by atoms with E-state index in [0.29, 0.717) is 17.9 Å². The largest absolute Gasteiger partial charge is 0.352 e. The van der Waals surface area contributed by atoms with Crippen LogP contribution in [0.1, 0.15) is 54.9 Å². The number of amides is 1. The van der Waals surface area contributed by atoms with Crippen LogP contribution in [0.3, 0.4) is 0 Å². The molecule has 1 rings (SSSR count). The summed E-state index contributed by atoms with van der Waals surface area (Å²) in [6, 6.07) is 0.368. The fourth-order valence-electron chi connectivity index (χ4n) is 2.45. The van der Waals surface area contributed by atoms with Gasteiger partial charge >= 0.3 is 0 Å². The van der Waals surface area contributed by atoms with E-state index in [2.05, 4.69) is 39.9 Å². The van der Waals surface area contributed by atoms with Crippen molar-refractivity contribution in [2.24, 2.45) is 17.3 Å². The molecule has 1 amide bonds. The first-order chi connectivity index (χ1) is 6.91. The predicted molar refractivity (Wildman–Crippen MR) is 65.7 cm³/mol. The summed E-state index contributed by atoms with van der Waals surface area (Å²) in [4.78, 5) is 11.7. The van der Waals surface area contributed by atoms with Crippen molar-refractivity contribution >= 4 is 5.91 Å². The van der Waals surface area contributed by atoms with E-state index in [0.717, 1.165) is 6.42 Å². The standard InChI is InChI=1S/C11H21NO.C2H6/c1-6-8-9(7(2)3)12-10(13)11(8,4)5;1-2/h7-9H,6H2,1-5H3,(H,12,13);1-2H3. The minimum absolute atomic E-state index is 0.177. The summed E-state index contributed by atoms with van der Waals surface area (Å²) >= 11 is 0. The lowest BCUT2D eigenvalue weighted by Crippen LogP contribution is -2.33. The Kier molecular flexibility index (Phi) is 5.33. The summed E-state index contributed by atoms with van der Waals surface area (Å²) in [6.07, 6.45) is 1.08. The lowest BCUT2D eigenvalue weighted by Gasteiger charge is -2.28. The fraction of sp³-hybridized carbons (Fsp3) is 0.923. The zero-order valence-electron chi connectivity index (χ0n) is 11.3. The van der Waals surface area contributed by atoms with Gasteiger partial charge in [-0.1, -0.05) is 54.9 Å². The zero-order valence-corrected chi connectivity index (χ0v) is 11.3. The highest BCUT2D eigenvalue weighted by molar-refractivity contribution is 5.85. The molecule has 0 aliphatic carbocycles. The second-order valence-corrected chi connectivity index (χ2v) is 4.98. The Hall–Kier alpha value is -0.530. The highest BCUT2D eigenvalue weighted by Crippen LogP contribution is 2.39. The van der Waals surface area contributed by atoms with E-state index in [1.54, 1.807) is 0 Å². The monoisotopic (exact) mass is 213 g/mol. The third kappa shape index (κ3) is 2.73. The number of nitrogens with one attached hydrogen (secondary N) is 1. The highest BCUT2D eigenvalue weighted by atomic mass is 16.2. The van der Waals surface area contributed by atoms with E-state index in [-0.39, 0.29) is 11.3 Å². The summed E-state index contributed by atoms with van der Waals surface area (Å²) in [7, 11) is 0. The molecule has 2 unspecified atom stereocenters. The lowest BCUT2D eigenvalue weighted by molar-refractivity contribution is -0.127. The molecule has 1 aliphatic heterocycles. The van der Waals surface area contributed by atoms with E-state index in [1.807, 2.05) is 13.8 Å². The Morgan fingerprint density at radius 1 is 1.33 bits per heavy atom. The SMILES string of the molecule is CC.CCC1C(C(C)C)NC(=O)C1(C)C. The average Bonchev–Trinajstić information content (AvgIpc) is 2.41. The van der Waals surface area contributed by atoms with Crippen molar-refractivity contribution in [3.05, 3.63) is 0 Å². The van der Waals surface area contributed by atoms with Gasteiger partial charge < -0.3 is 5.32 Å². The summed E-state index contributed by atoms with van der Waals surface area (Å²) in [5.74, 6) is 1.24. The van der Waals surface area contributed by atoms with Crippen molar-refractivity contribution in [2.45, 2.75) is 60.9 Å². The molecule has 1 N–H and O–H groups in total. The first-order valence-corrected chi connectivity index (χ1v) is 6.22. The molecule has 0 radical (unpaired) electrons. The first kappa shape index (κ1) is 14.5.